The highest BCUT2D eigenvalue weighted by atomic mass is 32.2. The molecule has 0 bridgehead atoms. The van der Waals surface area contributed by atoms with Crippen LogP contribution < -0.4 is 0 Å². The summed E-state index contributed by atoms with van der Waals surface area (Å²) < 4.78 is 0. The zero-order valence-electron chi connectivity index (χ0n) is 6.12. The Balaban J connectivity index is 2.33. The Bertz CT molecular complexity index is 208. The molecule has 57 valence electrons. The van der Waals surface area contributed by atoms with E-state index in [1.165, 1.54) is 5.56 Å². The number of carbonyl (C=O) groups excluding carboxylic acids is 1. The van der Waals surface area contributed by atoms with Crippen LogP contribution in [0.5, 0.6) is 0 Å². The lowest BCUT2D eigenvalue weighted by Gasteiger charge is -1.95. The van der Waals surface area contributed by atoms with Crippen molar-refractivity contribution < 1.29 is 4.79 Å². The monoisotopic (exact) mass is 165 g/mol. The van der Waals surface area contributed by atoms with Crippen molar-refractivity contribution in [2.45, 2.75) is 5.75 Å². The molecule has 1 radical (unpaired) electrons. The third-order valence-electron chi connectivity index (χ3n) is 1.27. The summed E-state index contributed by atoms with van der Waals surface area (Å²) in [5.74, 6) is 1.37. The van der Waals surface area contributed by atoms with Crippen LogP contribution in [0.4, 0.5) is 0 Å². The van der Waals surface area contributed by atoms with E-state index in [1.807, 2.05) is 24.5 Å². The van der Waals surface area contributed by atoms with Gasteiger partial charge in [0.15, 0.2) is 0 Å². The molecule has 1 aromatic carbocycles. The number of hydrogen-bond donors (Lipinski definition) is 0. The molecule has 1 aromatic rings. The fraction of sp³-hybridized carbons (Fsp3) is 0.222. The average Bonchev–Trinajstić information content (AvgIpc) is 2.07. The fourth-order valence-electron chi connectivity index (χ4n) is 0.785. The molecule has 0 saturated carbocycles. The van der Waals surface area contributed by atoms with Crippen molar-refractivity contribution in [1.29, 1.82) is 0 Å². The minimum Gasteiger partial charge on any atom is -0.290 e. The molecule has 0 aliphatic heterocycles. The van der Waals surface area contributed by atoms with Gasteiger partial charge in [0.2, 0.25) is 6.29 Å². The zero-order valence-corrected chi connectivity index (χ0v) is 6.93. The first kappa shape index (κ1) is 8.34. The maximum Gasteiger partial charge on any atom is 0.209 e. The SMILES string of the molecule is O=[C]CSCc1ccccc1. The standard InChI is InChI=1S/C9H9OS/c10-6-7-11-8-9-4-2-1-3-5-9/h1-5H,7-8H2. The number of rotatable bonds is 4. The minimum atomic E-state index is 0.467. The zero-order chi connectivity index (χ0) is 7.94. The number of hydrogen-bond acceptors (Lipinski definition) is 2. The number of thioether (sulfide) groups is 1. The van der Waals surface area contributed by atoms with Crippen LogP contribution in [0.3, 0.4) is 0 Å². The molecule has 0 unspecified atom stereocenters. The summed E-state index contributed by atoms with van der Waals surface area (Å²) in [5, 5.41) is 0. The smallest absolute Gasteiger partial charge is 0.209 e. The van der Waals surface area contributed by atoms with Gasteiger partial charge in [-0.3, -0.25) is 4.79 Å². The van der Waals surface area contributed by atoms with Gasteiger partial charge in [0.1, 0.15) is 0 Å². The van der Waals surface area contributed by atoms with E-state index in [0.717, 1.165) is 5.75 Å². The van der Waals surface area contributed by atoms with Crippen molar-refractivity contribution in [2.24, 2.45) is 0 Å². The molecule has 0 atom stereocenters. The van der Waals surface area contributed by atoms with Crippen LogP contribution in [0.2, 0.25) is 0 Å². The summed E-state index contributed by atoms with van der Waals surface area (Å²) in [6, 6.07) is 10.1. The Morgan fingerprint density at radius 3 is 2.64 bits per heavy atom. The van der Waals surface area contributed by atoms with Crippen molar-refractivity contribution >= 4 is 18.0 Å². The van der Waals surface area contributed by atoms with E-state index < -0.39 is 0 Å². The van der Waals surface area contributed by atoms with E-state index in [2.05, 4.69) is 12.1 Å². The van der Waals surface area contributed by atoms with E-state index >= 15 is 0 Å². The molecule has 0 aromatic heterocycles. The first-order valence-electron chi connectivity index (χ1n) is 3.40. The van der Waals surface area contributed by atoms with Crippen molar-refractivity contribution in [3.05, 3.63) is 35.9 Å². The van der Waals surface area contributed by atoms with Gasteiger partial charge in [0.05, 0.1) is 5.75 Å². The average molecular weight is 165 g/mol. The molecule has 2 heteroatoms. The van der Waals surface area contributed by atoms with Crippen LogP contribution in [-0.2, 0) is 10.5 Å². The second-order valence-electron chi connectivity index (χ2n) is 2.12. The minimum absolute atomic E-state index is 0.467. The van der Waals surface area contributed by atoms with Crippen LogP contribution in [-0.4, -0.2) is 12.0 Å². The molecule has 11 heavy (non-hydrogen) atoms. The van der Waals surface area contributed by atoms with Gasteiger partial charge in [0.25, 0.3) is 0 Å². The molecular weight excluding hydrogens is 156 g/mol. The van der Waals surface area contributed by atoms with Gasteiger partial charge < -0.3 is 0 Å². The first-order valence-corrected chi connectivity index (χ1v) is 4.55. The van der Waals surface area contributed by atoms with Crippen molar-refractivity contribution in [3.8, 4) is 0 Å². The molecule has 0 spiro atoms. The highest BCUT2D eigenvalue weighted by Crippen LogP contribution is 2.09. The van der Waals surface area contributed by atoms with Crippen LogP contribution in [0, 0.1) is 0 Å². The molecule has 1 nitrogen and oxygen atoms in total. The number of benzene rings is 1. The first-order chi connectivity index (χ1) is 5.43. The quantitative estimate of drug-likeness (QED) is 0.635. The lowest BCUT2D eigenvalue weighted by atomic mass is 10.2. The van der Waals surface area contributed by atoms with Gasteiger partial charge in [-0.05, 0) is 5.56 Å². The van der Waals surface area contributed by atoms with Crippen molar-refractivity contribution in [3.63, 3.8) is 0 Å². The molecule has 0 aliphatic carbocycles. The predicted molar refractivity (Wildman–Crippen MR) is 48.3 cm³/mol. The van der Waals surface area contributed by atoms with E-state index in [9.17, 15) is 4.79 Å². The summed E-state index contributed by atoms with van der Waals surface area (Å²) in [7, 11) is 0. The summed E-state index contributed by atoms with van der Waals surface area (Å²) in [6.45, 7) is 0. The molecule has 0 heterocycles. The van der Waals surface area contributed by atoms with Gasteiger partial charge in [-0.15, -0.1) is 11.8 Å². The maximum absolute atomic E-state index is 9.85. The van der Waals surface area contributed by atoms with Crippen LogP contribution >= 0.6 is 11.8 Å². The Morgan fingerprint density at radius 2 is 2.00 bits per heavy atom. The lowest BCUT2D eigenvalue weighted by molar-refractivity contribution is 0.560. The van der Waals surface area contributed by atoms with E-state index in [0.29, 0.717) is 5.75 Å². The van der Waals surface area contributed by atoms with Crippen molar-refractivity contribution in [2.75, 3.05) is 5.75 Å². The summed E-state index contributed by atoms with van der Waals surface area (Å²) in [6.07, 6.45) is 1.85. The van der Waals surface area contributed by atoms with E-state index in [1.54, 1.807) is 11.8 Å². The van der Waals surface area contributed by atoms with Gasteiger partial charge in [0, 0.05) is 5.75 Å². The second-order valence-corrected chi connectivity index (χ2v) is 3.11. The van der Waals surface area contributed by atoms with E-state index in [-0.39, 0.29) is 0 Å². The normalized spacial score (nSPS) is 9.45. The highest BCUT2D eigenvalue weighted by Gasteiger charge is 1.90. The lowest BCUT2D eigenvalue weighted by Crippen LogP contribution is -1.82. The topological polar surface area (TPSA) is 17.1 Å². The largest absolute Gasteiger partial charge is 0.290 e. The Morgan fingerprint density at radius 1 is 1.27 bits per heavy atom. The molecular formula is C9H9OS. The van der Waals surface area contributed by atoms with Crippen LogP contribution in [0.15, 0.2) is 30.3 Å². The Hall–Kier alpha value is -0.760. The summed E-state index contributed by atoms with van der Waals surface area (Å²) in [4.78, 5) is 9.85. The maximum atomic E-state index is 9.85. The molecule has 1 rings (SSSR count). The van der Waals surface area contributed by atoms with Gasteiger partial charge in [-0.25, -0.2) is 0 Å². The molecule has 0 fully saturated rings. The van der Waals surface area contributed by atoms with Gasteiger partial charge in [-0.2, -0.15) is 0 Å². The van der Waals surface area contributed by atoms with Gasteiger partial charge in [-0.1, -0.05) is 30.3 Å². The molecule has 0 saturated heterocycles. The van der Waals surface area contributed by atoms with E-state index in [4.69, 9.17) is 0 Å². The second kappa shape index (κ2) is 4.97. The third kappa shape index (κ3) is 3.23. The van der Waals surface area contributed by atoms with Crippen LogP contribution in [0.25, 0.3) is 0 Å². The Labute approximate surface area is 70.8 Å². The summed E-state index contributed by atoms with van der Waals surface area (Å²) >= 11 is 1.58. The van der Waals surface area contributed by atoms with Crippen molar-refractivity contribution in [1.82, 2.24) is 0 Å². The molecule has 0 N–H and O–H groups in total. The predicted octanol–water partition coefficient (Wildman–Crippen LogP) is 2.03. The fourth-order valence-corrected chi connectivity index (χ4v) is 1.40. The Kier molecular flexibility index (Phi) is 3.76. The third-order valence-corrected chi connectivity index (χ3v) is 2.13. The van der Waals surface area contributed by atoms with Crippen LogP contribution in [0.1, 0.15) is 5.56 Å². The molecule has 0 amide bonds. The molecule has 0 aliphatic rings. The summed E-state index contributed by atoms with van der Waals surface area (Å²) in [5.41, 5.74) is 1.26. The highest BCUT2D eigenvalue weighted by molar-refractivity contribution is 7.99. The van der Waals surface area contributed by atoms with Gasteiger partial charge >= 0.3 is 0 Å².